The van der Waals surface area contributed by atoms with Crippen LogP contribution >= 0.6 is 0 Å². The minimum atomic E-state index is -0.602. The Hall–Kier alpha value is -0.630. The zero-order valence-electron chi connectivity index (χ0n) is 14.2. The lowest BCUT2D eigenvalue weighted by Crippen LogP contribution is -2.24. The maximum atomic E-state index is 10.9. The molecule has 0 spiro atoms. The number of aliphatic hydroxyl groups is 1. The van der Waals surface area contributed by atoms with Crippen LogP contribution in [0.3, 0.4) is 0 Å². The molecule has 0 rings (SSSR count). The second-order valence-corrected chi connectivity index (χ2v) is 6.91. The van der Waals surface area contributed by atoms with E-state index in [1.165, 1.54) is 24.8 Å². The molecule has 0 bridgehead atoms. The molecule has 20 heavy (non-hydrogen) atoms. The third-order valence-electron chi connectivity index (χ3n) is 3.87. The molecule has 0 aromatic carbocycles. The molecule has 0 aromatic heterocycles. The standard InChI is InChI=1S/C18H34O2/c1-15(2)9-6-10-16(3)11-7-13-18(5,20)14-8-12-17(4)19/h9,16,20H,6-8,10-14H2,1-5H3. The van der Waals surface area contributed by atoms with E-state index in [0.29, 0.717) is 6.42 Å². The van der Waals surface area contributed by atoms with Crippen molar-refractivity contribution >= 4 is 5.78 Å². The van der Waals surface area contributed by atoms with Gasteiger partial charge in [0.2, 0.25) is 0 Å². The largest absolute Gasteiger partial charge is 0.390 e. The number of hydrogen-bond donors (Lipinski definition) is 1. The molecule has 0 aromatic rings. The van der Waals surface area contributed by atoms with Crippen LogP contribution < -0.4 is 0 Å². The van der Waals surface area contributed by atoms with Crippen molar-refractivity contribution in [2.45, 2.75) is 91.6 Å². The number of ketones is 1. The number of carbonyl (C=O) groups excluding carboxylic acids is 1. The molecule has 0 amide bonds. The van der Waals surface area contributed by atoms with E-state index in [-0.39, 0.29) is 5.78 Å². The number of allylic oxidation sites excluding steroid dienone is 2. The van der Waals surface area contributed by atoms with Crippen LogP contribution in [0.4, 0.5) is 0 Å². The van der Waals surface area contributed by atoms with E-state index in [2.05, 4.69) is 26.8 Å². The summed E-state index contributed by atoms with van der Waals surface area (Å²) in [5, 5.41) is 10.3. The monoisotopic (exact) mass is 282 g/mol. The first-order valence-electron chi connectivity index (χ1n) is 8.08. The van der Waals surface area contributed by atoms with Gasteiger partial charge in [0.05, 0.1) is 5.60 Å². The Balaban J connectivity index is 3.74. The molecule has 2 nitrogen and oxygen atoms in total. The van der Waals surface area contributed by atoms with Crippen LogP contribution in [0.15, 0.2) is 11.6 Å². The second kappa shape index (κ2) is 10.1. The molecular formula is C18H34O2. The summed E-state index contributed by atoms with van der Waals surface area (Å²) in [7, 11) is 0. The number of carbonyl (C=O) groups is 1. The number of Topliss-reactive ketones (excluding diaryl/α,β-unsaturated/α-hetero) is 1. The van der Waals surface area contributed by atoms with Crippen molar-refractivity contribution in [2.75, 3.05) is 0 Å². The van der Waals surface area contributed by atoms with Crippen molar-refractivity contribution in [1.29, 1.82) is 0 Å². The Labute approximate surface area is 125 Å². The Morgan fingerprint density at radius 1 is 1.15 bits per heavy atom. The Morgan fingerprint density at radius 2 is 1.75 bits per heavy atom. The summed E-state index contributed by atoms with van der Waals surface area (Å²) >= 11 is 0. The summed E-state index contributed by atoms with van der Waals surface area (Å²) in [6, 6.07) is 0. The molecule has 0 saturated carbocycles. The van der Waals surface area contributed by atoms with E-state index >= 15 is 0 Å². The second-order valence-electron chi connectivity index (χ2n) is 6.91. The highest BCUT2D eigenvalue weighted by atomic mass is 16.3. The average molecular weight is 282 g/mol. The fourth-order valence-electron chi connectivity index (χ4n) is 2.48. The van der Waals surface area contributed by atoms with E-state index in [4.69, 9.17) is 0 Å². The average Bonchev–Trinajstić information content (AvgIpc) is 2.27. The van der Waals surface area contributed by atoms with Gasteiger partial charge in [0.25, 0.3) is 0 Å². The summed E-state index contributed by atoms with van der Waals surface area (Å²) in [6.07, 6.45) is 9.93. The van der Waals surface area contributed by atoms with Crippen LogP contribution in [-0.4, -0.2) is 16.5 Å². The molecular weight excluding hydrogens is 248 g/mol. The Bertz CT molecular complexity index is 299. The number of rotatable bonds is 11. The van der Waals surface area contributed by atoms with Gasteiger partial charge in [0, 0.05) is 6.42 Å². The zero-order chi connectivity index (χ0) is 15.6. The quantitative estimate of drug-likeness (QED) is 0.538. The highest BCUT2D eigenvalue weighted by Gasteiger charge is 2.19. The van der Waals surface area contributed by atoms with Crippen molar-refractivity contribution < 1.29 is 9.90 Å². The molecule has 0 heterocycles. The van der Waals surface area contributed by atoms with Gasteiger partial charge in [-0.25, -0.2) is 0 Å². The van der Waals surface area contributed by atoms with Crippen molar-refractivity contribution in [1.82, 2.24) is 0 Å². The minimum absolute atomic E-state index is 0.216. The maximum Gasteiger partial charge on any atom is 0.129 e. The molecule has 2 atom stereocenters. The molecule has 2 unspecified atom stereocenters. The predicted octanol–water partition coefficient (Wildman–Crippen LogP) is 5.05. The van der Waals surface area contributed by atoms with Gasteiger partial charge in [-0.1, -0.05) is 31.4 Å². The molecule has 118 valence electrons. The van der Waals surface area contributed by atoms with Gasteiger partial charge < -0.3 is 9.90 Å². The smallest absolute Gasteiger partial charge is 0.129 e. The first-order valence-corrected chi connectivity index (χ1v) is 8.08. The summed E-state index contributed by atoms with van der Waals surface area (Å²) < 4.78 is 0. The topological polar surface area (TPSA) is 37.3 Å². The highest BCUT2D eigenvalue weighted by molar-refractivity contribution is 5.75. The van der Waals surface area contributed by atoms with Gasteiger partial charge in [-0.3, -0.25) is 0 Å². The van der Waals surface area contributed by atoms with Crippen molar-refractivity contribution in [3.63, 3.8) is 0 Å². The molecule has 0 fully saturated rings. The lowest BCUT2D eigenvalue weighted by Gasteiger charge is -2.23. The minimum Gasteiger partial charge on any atom is -0.390 e. The summed E-state index contributed by atoms with van der Waals surface area (Å²) in [5.74, 6) is 0.937. The Kier molecular flexibility index (Phi) is 9.83. The molecule has 2 heteroatoms. The van der Waals surface area contributed by atoms with E-state index < -0.39 is 5.60 Å². The first kappa shape index (κ1) is 19.4. The van der Waals surface area contributed by atoms with E-state index in [9.17, 15) is 9.90 Å². The van der Waals surface area contributed by atoms with Crippen LogP contribution in [-0.2, 0) is 4.79 Å². The predicted molar refractivity (Wildman–Crippen MR) is 86.8 cm³/mol. The highest BCUT2D eigenvalue weighted by Crippen LogP contribution is 2.23. The van der Waals surface area contributed by atoms with Crippen molar-refractivity contribution in [2.24, 2.45) is 5.92 Å². The lowest BCUT2D eigenvalue weighted by molar-refractivity contribution is -0.117. The van der Waals surface area contributed by atoms with E-state index in [0.717, 1.165) is 31.6 Å². The Morgan fingerprint density at radius 3 is 2.30 bits per heavy atom. The van der Waals surface area contributed by atoms with Crippen LogP contribution in [0.25, 0.3) is 0 Å². The maximum absolute atomic E-state index is 10.9. The van der Waals surface area contributed by atoms with Gasteiger partial charge in [0.15, 0.2) is 0 Å². The summed E-state index contributed by atoms with van der Waals surface area (Å²) in [5.41, 5.74) is 0.792. The van der Waals surface area contributed by atoms with Gasteiger partial charge in [-0.15, -0.1) is 0 Å². The van der Waals surface area contributed by atoms with E-state index in [1.807, 2.05) is 6.92 Å². The first-order chi connectivity index (χ1) is 9.23. The van der Waals surface area contributed by atoms with Crippen molar-refractivity contribution in [3.05, 3.63) is 11.6 Å². The zero-order valence-corrected chi connectivity index (χ0v) is 14.2. The normalized spacial score (nSPS) is 15.5. The van der Waals surface area contributed by atoms with Gasteiger partial charge in [-0.05, 0) is 65.7 Å². The summed E-state index contributed by atoms with van der Waals surface area (Å²) in [6.45, 7) is 10.1. The van der Waals surface area contributed by atoms with Crippen LogP contribution in [0.1, 0.15) is 86.0 Å². The van der Waals surface area contributed by atoms with Crippen LogP contribution in [0, 0.1) is 5.92 Å². The molecule has 0 aliphatic carbocycles. The molecule has 0 radical (unpaired) electrons. The lowest BCUT2D eigenvalue weighted by atomic mass is 9.89. The van der Waals surface area contributed by atoms with Gasteiger partial charge in [0.1, 0.15) is 5.78 Å². The van der Waals surface area contributed by atoms with Gasteiger partial charge >= 0.3 is 0 Å². The summed E-state index contributed by atoms with van der Waals surface area (Å²) in [4.78, 5) is 10.9. The third kappa shape index (κ3) is 12.4. The molecule has 0 aliphatic rings. The molecule has 0 aliphatic heterocycles. The third-order valence-corrected chi connectivity index (χ3v) is 3.87. The van der Waals surface area contributed by atoms with Gasteiger partial charge in [-0.2, -0.15) is 0 Å². The van der Waals surface area contributed by atoms with Crippen molar-refractivity contribution in [3.8, 4) is 0 Å². The molecule has 1 N–H and O–H groups in total. The SMILES string of the molecule is CC(=O)CCCC(C)(O)CCCC(C)CCC=C(C)C. The van der Waals surface area contributed by atoms with Crippen LogP contribution in [0.5, 0.6) is 0 Å². The fourth-order valence-corrected chi connectivity index (χ4v) is 2.48. The molecule has 0 saturated heterocycles. The van der Waals surface area contributed by atoms with E-state index in [1.54, 1.807) is 6.92 Å². The van der Waals surface area contributed by atoms with Crippen LogP contribution in [0.2, 0.25) is 0 Å². The fraction of sp³-hybridized carbons (Fsp3) is 0.833. The number of hydrogen-bond acceptors (Lipinski definition) is 2.